The average molecular weight is 186 g/mol. The number of para-hydroxylation sites is 1. The smallest absolute Gasteiger partial charge is 0.258 e. The molecule has 0 aromatic heterocycles. The summed E-state index contributed by atoms with van der Waals surface area (Å²) in [4.78, 5) is 10.3. The first-order valence-electron chi connectivity index (χ1n) is 3.02. The highest BCUT2D eigenvalue weighted by Crippen LogP contribution is 2.27. The van der Waals surface area contributed by atoms with Gasteiger partial charge in [0.1, 0.15) is 4.90 Å². The molecule has 0 saturated heterocycles. The molecule has 0 amide bonds. The van der Waals surface area contributed by atoms with Crippen molar-refractivity contribution in [2.45, 2.75) is 4.90 Å². The minimum Gasteiger partial charge on any atom is -0.258 e. The molecular formula is C6H6N2O3S. The number of benzene rings is 1. The van der Waals surface area contributed by atoms with E-state index in [1.54, 1.807) is 18.2 Å². The quantitative estimate of drug-likeness (QED) is 0.439. The molecule has 5 nitrogen and oxygen atoms in total. The van der Waals surface area contributed by atoms with Gasteiger partial charge in [-0.15, -0.1) is 0 Å². The minimum atomic E-state index is -0.485. The Labute approximate surface area is 72.8 Å². The lowest BCUT2D eigenvalue weighted by atomic mass is 10.3. The van der Waals surface area contributed by atoms with E-state index in [0.717, 1.165) is 12.0 Å². The van der Waals surface area contributed by atoms with Gasteiger partial charge in [-0.05, 0) is 6.07 Å². The van der Waals surface area contributed by atoms with Gasteiger partial charge >= 0.3 is 0 Å². The third-order valence-electron chi connectivity index (χ3n) is 1.20. The summed E-state index contributed by atoms with van der Waals surface area (Å²) in [7, 11) is 0. The van der Waals surface area contributed by atoms with Crippen LogP contribution in [0.5, 0.6) is 0 Å². The van der Waals surface area contributed by atoms with Gasteiger partial charge in [-0.1, -0.05) is 12.1 Å². The van der Waals surface area contributed by atoms with Crippen LogP contribution >= 0.6 is 12.0 Å². The van der Waals surface area contributed by atoms with Crippen LogP contribution in [0.25, 0.3) is 0 Å². The summed E-state index contributed by atoms with van der Waals surface area (Å²) in [6.45, 7) is 0. The zero-order chi connectivity index (χ0) is 8.97. The van der Waals surface area contributed by atoms with Crippen molar-refractivity contribution in [2.24, 2.45) is 5.90 Å². The summed E-state index contributed by atoms with van der Waals surface area (Å²) >= 11 is 0.766. The summed E-state index contributed by atoms with van der Waals surface area (Å²) < 4.78 is 4.23. The topological polar surface area (TPSA) is 78.4 Å². The molecule has 0 unspecified atom stereocenters. The molecule has 0 radical (unpaired) electrons. The predicted octanol–water partition coefficient (Wildman–Crippen LogP) is 1.49. The zero-order valence-corrected chi connectivity index (χ0v) is 6.78. The number of rotatable bonds is 3. The van der Waals surface area contributed by atoms with E-state index in [0.29, 0.717) is 4.90 Å². The van der Waals surface area contributed by atoms with E-state index in [2.05, 4.69) is 4.28 Å². The van der Waals surface area contributed by atoms with Crippen LogP contribution in [-0.2, 0) is 4.28 Å². The number of hydrogen-bond acceptors (Lipinski definition) is 5. The van der Waals surface area contributed by atoms with Crippen molar-refractivity contribution in [1.82, 2.24) is 0 Å². The van der Waals surface area contributed by atoms with Gasteiger partial charge in [0.2, 0.25) is 0 Å². The molecule has 1 rings (SSSR count). The zero-order valence-electron chi connectivity index (χ0n) is 5.97. The van der Waals surface area contributed by atoms with E-state index in [1.165, 1.54) is 6.07 Å². The second-order valence-electron chi connectivity index (χ2n) is 1.90. The van der Waals surface area contributed by atoms with Crippen LogP contribution in [0.15, 0.2) is 29.2 Å². The standard InChI is InChI=1S/C6H6N2O3S/c7-11-12-6-4-2-1-3-5(6)8(9)10/h1-4H,7H2. The Morgan fingerprint density at radius 1 is 1.50 bits per heavy atom. The highest BCUT2D eigenvalue weighted by Gasteiger charge is 2.12. The van der Waals surface area contributed by atoms with Gasteiger partial charge in [-0.2, -0.15) is 0 Å². The molecule has 0 atom stereocenters. The van der Waals surface area contributed by atoms with Crippen molar-refractivity contribution < 1.29 is 9.21 Å². The second-order valence-corrected chi connectivity index (χ2v) is 2.70. The molecule has 6 heteroatoms. The van der Waals surface area contributed by atoms with E-state index < -0.39 is 4.92 Å². The number of nitro benzene ring substituents is 1. The van der Waals surface area contributed by atoms with Gasteiger partial charge in [-0.3, -0.25) is 10.1 Å². The molecule has 0 aliphatic carbocycles. The van der Waals surface area contributed by atoms with Crippen molar-refractivity contribution in [3.63, 3.8) is 0 Å². The number of nitro groups is 1. The fraction of sp³-hybridized carbons (Fsp3) is 0. The first kappa shape index (κ1) is 8.98. The summed E-state index contributed by atoms with van der Waals surface area (Å²) in [5.41, 5.74) is -0.00653. The van der Waals surface area contributed by atoms with Crippen LogP contribution in [0.2, 0.25) is 0 Å². The van der Waals surface area contributed by atoms with E-state index in [9.17, 15) is 10.1 Å². The maximum absolute atomic E-state index is 10.4. The average Bonchev–Trinajstić information content (AvgIpc) is 2.05. The van der Waals surface area contributed by atoms with Crippen LogP contribution in [0.4, 0.5) is 5.69 Å². The maximum Gasteiger partial charge on any atom is 0.285 e. The van der Waals surface area contributed by atoms with E-state index >= 15 is 0 Å². The van der Waals surface area contributed by atoms with Crippen LogP contribution < -0.4 is 5.90 Å². The van der Waals surface area contributed by atoms with E-state index in [1.807, 2.05) is 0 Å². The predicted molar refractivity (Wildman–Crippen MR) is 44.2 cm³/mol. The molecule has 1 aromatic rings. The van der Waals surface area contributed by atoms with Gasteiger partial charge in [-0.25, -0.2) is 10.2 Å². The fourth-order valence-electron chi connectivity index (χ4n) is 0.730. The van der Waals surface area contributed by atoms with Crippen molar-refractivity contribution in [3.8, 4) is 0 Å². The monoisotopic (exact) mass is 186 g/mol. The lowest BCUT2D eigenvalue weighted by Crippen LogP contribution is -1.93. The lowest BCUT2D eigenvalue weighted by molar-refractivity contribution is -0.387. The second kappa shape index (κ2) is 4.05. The Balaban J connectivity index is 3.00. The van der Waals surface area contributed by atoms with Gasteiger partial charge in [0.05, 0.1) is 17.0 Å². The van der Waals surface area contributed by atoms with Crippen LogP contribution in [0, 0.1) is 10.1 Å². The highest BCUT2D eigenvalue weighted by atomic mass is 32.2. The Hall–Kier alpha value is -1.11. The first-order valence-corrected chi connectivity index (χ1v) is 3.76. The molecule has 0 heterocycles. The first-order chi connectivity index (χ1) is 5.75. The summed E-state index contributed by atoms with van der Waals surface area (Å²) in [5, 5.41) is 10.4. The van der Waals surface area contributed by atoms with Gasteiger partial charge in [0, 0.05) is 6.07 Å². The third-order valence-corrected chi connectivity index (χ3v) is 1.82. The molecule has 0 fully saturated rings. The Kier molecular flexibility index (Phi) is 3.03. The van der Waals surface area contributed by atoms with Gasteiger partial charge in [0.15, 0.2) is 0 Å². The molecule has 1 aromatic carbocycles. The maximum atomic E-state index is 10.4. The molecule has 0 saturated carbocycles. The SMILES string of the molecule is NOSc1ccccc1[N+](=O)[O-]. The number of nitrogens with two attached hydrogens (primary N) is 1. The molecule has 0 bridgehead atoms. The molecular weight excluding hydrogens is 180 g/mol. The summed E-state index contributed by atoms with van der Waals surface area (Å²) in [6, 6.07) is 6.21. The Bertz CT molecular complexity index is 292. The van der Waals surface area contributed by atoms with Crippen LogP contribution in [0.1, 0.15) is 0 Å². The van der Waals surface area contributed by atoms with Crippen molar-refractivity contribution in [1.29, 1.82) is 0 Å². The number of nitrogens with zero attached hydrogens (tertiary/aromatic N) is 1. The number of hydrogen-bond donors (Lipinski definition) is 1. The van der Waals surface area contributed by atoms with Gasteiger partial charge < -0.3 is 0 Å². The summed E-state index contributed by atoms with van der Waals surface area (Å²) in [6.07, 6.45) is 0. The van der Waals surface area contributed by atoms with Gasteiger partial charge in [0.25, 0.3) is 5.69 Å². The normalized spacial score (nSPS) is 9.75. The fourth-order valence-corrected chi connectivity index (χ4v) is 1.20. The van der Waals surface area contributed by atoms with Crippen LogP contribution in [-0.4, -0.2) is 4.92 Å². The largest absolute Gasteiger partial charge is 0.285 e. The molecule has 64 valence electrons. The van der Waals surface area contributed by atoms with Crippen molar-refractivity contribution in [2.75, 3.05) is 0 Å². The van der Waals surface area contributed by atoms with E-state index in [-0.39, 0.29) is 5.69 Å². The molecule has 2 N–H and O–H groups in total. The summed E-state index contributed by atoms with van der Waals surface area (Å²) in [5.74, 6) is 4.77. The highest BCUT2D eigenvalue weighted by molar-refractivity contribution is 7.94. The minimum absolute atomic E-state index is 0.00653. The molecule has 0 spiro atoms. The molecule has 0 aliphatic heterocycles. The lowest BCUT2D eigenvalue weighted by Gasteiger charge is -1.97. The molecule has 0 aliphatic rings. The molecule has 12 heavy (non-hydrogen) atoms. The third kappa shape index (κ3) is 1.94. The van der Waals surface area contributed by atoms with Crippen molar-refractivity contribution >= 4 is 17.7 Å². The van der Waals surface area contributed by atoms with Crippen molar-refractivity contribution in [3.05, 3.63) is 34.4 Å². The Morgan fingerprint density at radius 2 is 2.17 bits per heavy atom. The van der Waals surface area contributed by atoms with E-state index in [4.69, 9.17) is 5.90 Å². The Morgan fingerprint density at radius 3 is 2.75 bits per heavy atom. The van der Waals surface area contributed by atoms with Crippen LogP contribution in [0.3, 0.4) is 0 Å².